The van der Waals surface area contributed by atoms with Gasteiger partial charge in [0.25, 0.3) is 0 Å². The van der Waals surface area contributed by atoms with E-state index in [1.807, 2.05) is 0 Å². The summed E-state index contributed by atoms with van der Waals surface area (Å²) in [5.41, 5.74) is 2.97. The molecule has 1 heterocycles. The van der Waals surface area contributed by atoms with E-state index in [2.05, 4.69) is 5.43 Å². The van der Waals surface area contributed by atoms with Crippen LogP contribution in [0.1, 0.15) is 25.7 Å². The van der Waals surface area contributed by atoms with Gasteiger partial charge in [0.1, 0.15) is 0 Å². The molecule has 0 radical (unpaired) electrons. The third-order valence-corrected chi connectivity index (χ3v) is 3.32. The van der Waals surface area contributed by atoms with Gasteiger partial charge in [0.15, 0.2) is 0 Å². The van der Waals surface area contributed by atoms with Crippen LogP contribution >= 0.6 is 0 Å². The van der Waals surface area contributed by atoms with Gasteiger partial charge in [-0.2, -0.15) is 0 Å². The fraction of sp³-hybridized carbons (Fsp3) is 1.00. The molecule has 1 aliphatic carbocycles. The van der Waals surface area contributed by atoms with Gasteiger partial charge in [-0.25, -0.2) is 0 Å². The first-order valence-corrected chi connectivity index (χ1v) is 4.95. The van der Waals surface area contributed by atoms with Gasteiger partial charge < -0.3 is 4.74 Å². The van der Waals surface area contributed by atoms with Crippen LogP contribution in [0.3, 0.4) is 0 Å². The van der Waals surface area contributed by atoms with Crippen LogP contribution in [0.25, 0.3) is 0 Å². The van der Waals surface area contributed by atoms with Crippen LogP contribution in [0.5, 0.6) is 0 Å². The Labute approximate surface area is 73.6 Å². The van der Waals surface area contributed by atoms with Crippen LogP contribution in [-0.2, 0) is 4.74 Å². The highest BCUT2D eigenvalue weighted by molar-refractivity contribution is 4.87. The van der Waals surface area contributed by atoms with Crippen molar-refractivity contribution in [3.8, 4) is 0 Å². The molecule has 2 rings (SSSR count). The second-order valence-corrected chi connectivity index (χ2v) is 4.01. The molecule has 0 aromatic rings. The lowest BCUT2D eigenvalue weighted by molar-refractivity contribution is 0.139. The molecule has 12 heavy (non-hydrogen) atoms. The van der Waals surface area contributed by atoms with Gasteiger partial charge in [-0.3, -0.25) is 11.3 Å². The molecule has 3 N–H and O–H groups in total. The van der Waals surface area contributed by atoms with Crippen LogP contribution in [0, 0.1) is 11.8 Å². The largest absolute Gasteiger partial charge is 0.381 e. The minimum atomic E-state index is 0.515. The van der Waals surface area contributed by atoms with Crippen molar-refractivity contribution in [1.82, 2.24) is 5.43 Å². The maximum Gasteiger partial charge on any atom is 0.0510 e. The predicted molar refractivity (Wildman–Crippen MR) is 47.4 cm³/mol. The lowest BCUT2D eigenvalue weighted by Gasteiger charge is -2.36. The molecule has 0 bridgehead atoms. The third kappa shape index (κ3) is 1.49. The maximum absolute atomic E-state index is 5.56. The van der Waals surface area contributed by atoms with E-state index in [9.17, 15) is 0 Å². The summed E-state index contributed by atoms with van der Waals surface area (Å²) in [6, 6.07) is 0.515. The van der Waals surface area contributed by atoms with Crippen molar-refractivity contribution in [3.05, 3.63) is 0 Å². The average Bonchev–Trinajstić information content (AvgIpc) is 2.47. The zero-order valence-corrected chi connectivity index (χ0v) is 7.46. The molecule has 0 aromatic carbocycles. The highest BCUT2D eigenvalue weighted by Crippen LogP contribution is 2.34. The summed E-state index contributed by atoms with van der Waals surface area (Å²) >= 11 is 0. The smallest absolute Gasteiger partial charge is 0.0510 e. The van der Waals surface area contributed by atoms with Crippen LogP contribution in [0.4, 0.5) is 0 Å². The zero-order valence-electron chi connectivity index (χ0n) is 7.46. The van der Waals surface area contributed by atoms with Gasteiger partial charge in [0.05, 0.1) is 6.61 Å². The van der Waals surface area contributed by atoms with E-state index in [0.29, 0.717) is 12.0 Å². The second kappa shape index (κ2) is 3.73. The standard InChI is InChI=1S/C9H18N2O/c10-11-9(7-2-1-3-7)8-4-5-12-6-8/h7-9,11H,1-6,10H2. The lowest BCUT2D eigenvalue weighted by Crippen LogP contribution is -2.48. The minimum Gasteiger partial charge on any atom is -0.381 e. The van der Waals surface area contributed by atoms with E-state index < -0.39 is 0 Å². The molecular formula is C9H18N2O. The Hall–Kier alpha value is -0.120. The Bertz CT molecular complexity index is 141. The topological polar surface area (TPSA) is 47.3 Å². The molecule has 2 atom stereocenters. The Morgan fingerprint density at radius 2 is 2.08 bits per heavy atom. The molecular weight excluding hydrogens is 152 g/mol. The van der Waals surface area contributed by atoms with E-state index in [-0.39, 0.29) is 0 Å². The molecule has 2 aliphatic rings. The molecule has 0 aromatic heterocycles. The molecule has 70 valence electrons. The molecule has 2 unspecified atom stereocenters. The van der Waals surface area contributed by atoms with E-state index >= 15 is 0 Å². The Morgan fingerprint density at radius 1 is 1.25 bits per heavy atom. The van der Waals surface area contributed by atoms with Crippen molar-refractivity contribution >= 4 is 0 Å². The molecule has 0 amide bonds. The summed E-state index contributed by atoms with van der Waals surface area (Å²) in [5.74, 6) is 7.05. The zero-order chi connectivity index (χ0) is 8.39. The molecule has 0 spiro atoms. The van der Waals surface area contributed by atoms with Crippen LogP contribution in [0.2, 0.25) is 0 Å². The van der Waals surface area contributed by atoms with Crippen molar-refractivity contribution < 1.29 is 4.74 Å². The normalized spacial score (nSPS) is 33.2. The van der Waals surface area contributed by atoms with Gasteiger partial charge in [-0.1, -0.05) is 6.42 Å². The summed E-state index contributed by atoms with van der Waals surface area (Å²) in [6.45, 7) is 1.83. The molecule has 2 fully saturated rings. The van der Waals surface area contributed by atoms with Crippen LogP contribution in [-0.4, -0.2) is 19.3 Å². The van der Waals surface area contributed by atoms with E-state index in [4.69, 9.17) is 10.6 Å². The Morgan fingerprint density at radius 3 is 2.50 bits per heavy atom. The number of ether oxygens (including phenoxy) is 1. The maximum atomic E-state index is 5.56. The number of hydrogen-bond acceptors (Lipinski definition) is 3. The first-order valence-electron chi connectivity index (χ1n) is 4.95. The minimum absolute atomic E-state index is 0.515. The Balaban J connectivity index is 1.87. The lowest BCUT2D eigenvalue weighted by atomic mass is 9.75. The summed E-state index contributed by atoms with van der Waals surface area (Å²) < 4.78 is 5.36. The number of nitrogens with two attached hydrogens (primary N) is 1. The second-order valence-electron chi connectivity index (χ2n) is 4.01. The van der Waals surface area contributed by atoms with Crippen molar-refractivity contribution in [2.45, 2.75) is 31.7 Å². The van der Waals surface area contributed by atoms with E-state index in [0.717, 1.165) is 19.1 Å². The molecule has 3 heteroatoms. The number of hydrogen-bond donors (Lipinski definition) is 2. The highest BCUT2D eigenvalue weighted by atomic mass is 16.5. The number of rotatable bonds is 3. The van der Waals surface area contributed by atoms with Gasteiger partial charge in [-0.15, -0.1) is 0 Å². The quantitative estimate of drug-likeness (QED) is 0.483. The predicted octanol–water partition coefficient (Wildman–Crippen LogP) is 0.655. The summed E-state index contributed by atoms with van der Waals surface area (Å²) in [4.78, 5) is 0. The van der Waals surface area contributed by atoms with Gasteiger partial charge in [0.2, 0.25) is 0 Å². The van der Waals surface area contributed by atoms with Crippen molar-refractivity contribution in [1.29, 1.82) is 0 Å². The molecule has 1 aliphatic heterocycles. The first-order chi connectivity index (χ1) is 5.92. The first kappa shape index (κ1) is 8.48. The molecule has 1 saturated heterocycles. The van der Waals surface area contributed by atoms with E-state index in [1.54, 1.807) is 0 Å². The monoisotopic (exact) mass is 170 g/mol. The molecule has 3 nitrogen and oxygen atoms in total. The highest BCUT2D eigenvalue weighted by Gasteiger charge is 2.34. The van der Waals surface area contributed by atoms with Crippen molar-refractivity contribution in [2.75, 3.05) is 13.2 Å². The van der Waals surface area contributed by atoms with Crippen molar-refractivity contribution in [3.63, 3.8) is 0 Å². The van der Waals surface area contributed by atoms with E-state index in [1.165, 1.54) is 25.7 Å². The fourth-order valence-electron chi connectivity index (χ4n) is 2.29. The summed E-state index contributed by atoms with van der Waals surface area (Å²) in [5, 5.41) is 0. The summed E-state index contributed by atoms with van der Waals surface area (Å²) in [6.07, 6.45) is 5.28. The number of nitrogens with one attached hydrogen (secondary N) is 1. The average molecular weight is 170 g/mol. The fourth-order valence-corrected chi connectivity index (χ4v) is 2.29. The van der Waals surface area contributed by atoms with Crippen LogP contribution < -0.4 is 11.3 Å². The summed E-state index contributed by atoms with van der Waals surface area (Å²) in [7, 11) is 0. The van der Waals surface area contributed by atoms with Crippen molar-refractivity contribution in [2.24, 2.45) is 17.7 Å². The van der Waals surface area contributed by atoms with Gasteiger partial charge in [-0.05, 0) is 25.2 Å². The van der Waals surface area contributed by atoms with Crippen LogP contribution in [0.15, 0.2) is 0 Å². The molecule has 1 saturated carbocycles. The SMILES string of the molecule is NNC(C1CCC1)C1CCOC1. The van der Waals surface area contributed by atoms with Gasteiger partial charge >= 0.3 is 0 Å². The number of hydrazine groups is 1. The van der Waals surface area contributed by atoms with Gasteiger partial charge in [0, 0.05) is 18.6 Å². The Kier molecular flexibility index (Phi) is 2.63. The third-order valence-electron chi connectivity index (χ3n) is 3.32.